The van der Waals surface area contributed by atoms with Crippen LogP contribution in [0.4, 0.5) is 26.3 Å². The lowest BCUT2D eigenvalue weighted by molar-refractivity contribution is -0.187. The van der Waals surface area contributed by atoms with Gasteiger partial charge in [-0.2, -0.15) is 8.78 Å². The Hall–Kier alpha value is -4.52. The Kier molecular flexibility index (Phi) is 9.14. The van der Waals surface area contributed by atoms with Crippen molar-refractivity contribution in [2.75, 3.05) is 0 Å². The largest absolute Gasteiger partial charge is 0.429 e. The molecule has 0 aliphatic heterocycles. The predicted molar refractivity (Wildman–Crippen MR) is 162 cm³/mol. The molecule has 0 radical (unpaired) electrons. The lowest BCUT2D eigenvalue weighted by Gasteiger charge is -2.19. The molecule has 0 fully saturated rings. The van der Waals surface area contributed by atoms with Crippen molar-refractivity contribution in [1.82, 2.24) is 0 Å². The number of hydrogen-bond acceptors (Lipinski definition) is 1. The quantitative estimate of drug-likeness (QED) is 0.114. The molecule has 5 rings (SSSR count). The molecule has 0 saturated heterocycles. The van der Waals surface area contributed by atoms with Gasteiger partial charge >= 0.3 is 6.11 Å². The Morgan fingerprint density at radius 2 is 1.14 bits per heavy atom. The lowest BCUT2D eigenvalue weighted by Crippen LogP contribution is -2.23. The first-order valence-electron chi connectivity index (χ1n) is 14.4. The monoisotopic (exact) mass is 604 g/mol. The second kappa shape index (κ2) is 13.0. The average Bonchev–Trinajstić information content (AvgIpc) is 2.99. The number of halogens is 6. The first kappa shape index (κ1) is 30.9. The van der Waals surface area contributed by atoms with Crippen LogP contribution in [0.25, 0.3) is 33.4 Å². The van der Waals surface area contributed by atoms with Gasteiger partial charge in [-0.25, -0.2) is 17.6 Å². The third-order valence-corrected chi connectivity index (χ3v) is 7.59. The molecule has 0 unspecified atom stereocenters. The van der Waals surface area contributed by atoms with E-state index in [1.54, 1.807) is 12.1 Å². The summed E-state index contributed by atoms with van der Waals surface area (Å²) in [6.45, 7) is 3.62. The number of hydrogen-bond donors (Lipinski definition) is 0. The Morgan fingerprint density at radius 3 is 1.73 bits per heavy atom. The molecule has 1 nitrogen and oxygen atoms in total. The minimum Gasteiger partial charge on any atom is -0.429 e. The molecule has 0 N–H and O–H groups in total. The van der Waals surface area contributed by atoms with Crippen LogP contribution in [0.15, 0.2) is 97.1 Å². The highest BCUT2D eigenvalue weighted by molar-refractivity contribution is 5.74. The van der Waals surface area contributed by atoms with Crippen LogP contribution in [0.5, 0.6) is 5.75 Å². The SMILES string of the molecule is CCCCCc1ccc(-c2ccc(-c3ccc(-c4ccc(C(F)(F)Oc5ccc(C)c(F)c5)c(F)c4)c(F)c3)c(F)c2)cc1. The van der Waals surface area contributed by atoms with E-state index in [-0.39, 0.29) is 27.8 Å². The van der Waals surface area contributed by atoms with Gasteiger partial charge in [0.25, 0.3) is 0 Å². The second-order valence-corrected chi connectivity index (χ2v) is 10.8. The number of unbranched alkanes of at least 4 members (excludes halogenated alkanes) is 2. The van der Waals surface area contributed by atoms with E-state index < -0.39 is 40.7 Å². The zero-order chi connectivity index (χ0) is 31.4. The second-order valence-electron chi connectivity index (χ2n) is 10.8. The highest BCUT2D eigenvalue weighted by atomic mass is 19.3. The van der Waals surface area contributed by atoms with Gasteiger partial charge in [-0.05, 0) is 83.5 Å². The molecule has 0 amide bonds. The molecule has 0 aliphatic carbocycles. The molecule has 0 aromatic heterocycles. The zero-order valence-corrected chi connectivity index (χ0v) is 24.2. The van der Waals surface area contributed by atoms with Crippen LogP contribution in [0.3, 0.4) is 0 Å². The summed E-state index contributed by atoms with van der Waals surface area (Å²) in [6.07, 6.45) is 0.327. The summed E-state index contributed by atoms with van der Waals surface area (Å²) >= 11 is 0. The number of aryl methyl sites for hydroxylation is 2. The van der Waals surface area contributed by atoms with Crippen molar-refractivity contribution in [2.45, 2.75) is 45.6 Å². The number of alkyl halides is 2. The third kappa shape index (κ3) is 6.83. The minimum atomic E-state index is -4.12. The van der Waals surface area contributed by atoms with Crippen LogP contribution in [0, 0.1) is 30.2 Å². The highest BCUT2D eigenvalue weighted by Crippen LogP contribution is 2.37. The van der Waals surface area contributed by atoms with Gasteiger partial charge in [-0.15, -0.1) is 0 Å². The van der Waals surface area contributed by atoms with E-state index in [0.29, 0.717) is 5.56 Å². The Balaban J connectivity index is 1.34. The van der Waals surface area contributed by atoms with E-state index in [9.17, 15) is 17.6 Å². The normalized spacial score (nSPS) is 11.5. The smallest absolute Gasteiger partial charge is 0.429 e. The molecule has 0 bridgehead atoms. The van der Waals surface area contributed by atoms with Crippen LogP contribution < -0.4 is 4.74 Å². The fourth-order valence-electron chi connectivity index (χ4n) is 5.05. The summed E-state index contributed by atoms with van der Waals surface area (Å²) in [5.41, 5.74) is 2.32. The maximum absolute atomic E-state index is 15.2. The first-order chi connectivity index (χ1) is 21.1. The molecule has 0 aliphatic rings. The van der Waals surface area contributed by atoms with E-state index in [1.165, 1.54) is 43.2 Å². The zero-order valence-electron chi connectivity index (χ0n) is 24.2. The van der Waals surface area contributed by atoms with Gasteiger partial charge in [0.1, 0.15) is 29.0 Å². The maximum atomic E-state index is 15.2. The van der Waals surface area contributed by atoms with Crippen LogP contribution in [0.1, 0.15) is 42.9 Å². The van der Waals surface area contributed by atoms with Crippen LogP contribution in [0.2, 0.25) is 0 Å². The Morgan fingerprint density at radius 1 is 0.568 bits per heavy atom. The van der Waals surface area contributed by atoms with Gasteiger partial charge in [-0.3, -0.25) is 0 Å². The van der Waals surface area contributed by atoms with Crippen molar-refractivity contribution in [3.63, 3.8) is 0 Å². The molecule has 0 spiro atoms. The first-order valence-corrected chi connectivity index (χ1v) is 14.4. The third-order valence-electron chi connectivity index (χ3n) is 7.59. The molecule has 0 heterocycles. The summed E-state index contributed by atoms with van der Waals surface area (Å²) in [4.78, 5) is 0. The van der Waals surface area contributed by atoms with E-state index in [4.69, 9.17) is 0 Å². The molecule has 0 atom stereocenters. The molecule has 226 valence electrons. The number of ether oxygens (including phenoxy) is 1. The van der Waals surface area contributed by atoms with Gasteiger partial charge in [0, 0.05) is 17.2 Å². The van der Waals surface area contributed by atoms with Gasteiger partial charge in [0.15, 0.2) is 0 Å². The molecule has 44 heavy (non-hydrogen) atoms. The van der Waals surface area contributed by atoms with Crippen LogP contribution in [-0.4, -0.2) is 0 Å². The van der Waals surface area contributed by atoms with Crippen LogP contribution >= 0.6 is 0 Å². The maximum Gasteiger partial charge on any atom is 0.429 e. The van der Waals surface area contributed by atoms with Crippen molar-refractivity contribution in [3.8, 4) is 39.1 Å². The molecule has 5 aromatic rings. The van der Waals surface area contributed by atoms with E-state index in [2.05, 4.69) is 11.7 Å². The molecular weight excluding hydrogens is 574 g/mol. The van der Waals surface area contributed by atoms with Gasteiger partial charge < -0.3 is 4.74 Å². The molecule has 7 heteroatoms. The lowest BCUT2D eigenvalue weighted by atomic mass is 9.96. The van der Waals surface area contributed by atoms with Crippen molar-refractivity contribution < 1.29 is 31.1 Å². The Bertz CT molecular complexity index is 1780. The van der Waals surface area contributed by atoms with Crippen molar-refractivity contribution in [1.29, 1.82) is 0 Å². The van der Waals surface area contributed by atoms with Crippen LogP contribution in [-0.2, 0) is 12.5 Å². The average molecular weight is 605 g/mol. The summed E-state index contributed by atoms with van der Waals surface area (Å²) in [6, 6.07) is 22.6. The fraction of sp³-hybridized carbons (Fsp3) is 0.189. The fourth-order valence-corrected chi connectivity index (χ4v) is 5.05. The van der Waals surface area contributed by atoms with Crippen molar-refractivity contribution >= 4 is 0 Å². The minimum absolute atomic E-state index is 0.00133. The number of benzene rings is 5. The standard InChI is InChI=1S/C37H30F6O/c1-3-4-5-6-24-8-10-25(11-9-24)26-12-16-30(34(39)19-26)27-13-17-31(35(40)20-27)28-14-18-32(36(41)21-28)37(42,43)44-29-15-7-23(2)33(38)22-29/h7-22H,3-6H2,1-2H3. The van der Waals surface area contributed by atoms with E-state index in [1.807, 2.05) is 24.3 Å². The summed E-state index contributed by atoms with van der Waals surface area (Å²) < 4.78 is 93.1. The van der Waals surface area contributed by atoms with Gasteiger partial charge in [-0.1, -0.05) is 80.4 Å². The number of rotatable bonds is 10. The molecular formula is C37H30F6O. The molecule has 5 aromatic carbocycles. The van der Waals surface area contributed by atoms with Gasteiger partial charge in [0.05, 0.1) is 5.56 Å². The predicted octanol–water partition coefficient (Wildman–Crippen LogP) is 11.4. The summed E-state index contributed by atoms with van der Waals surface area (Å²) in [5.74, 6) is -3.87. The Labute approximate surface area is 252 Å². The molecule has 0 saturated carbocycles. The van der Waals surface area contributed by atoms with Crippen molar-refractivity contribution in [2.24, 2.45) is 0 Å². The van der Waals surface area contributed by atoms with Gasteiger partial charge in [0.2, 0.25) is 0 Å². The summed E-state index contributed by atoms with van der Waals surface area (Å²) in [7, 11) is 0. The van der Waals surface area contributed by atoms with E-state index in [0.717, 1.165) is 61.2 Å². The topological polar surface area (TPSA) is 9.23 Å². The highest BCUT2D eigenvalue weighted by Gasteiger charge is 2.38. The summed E-state index contributed by atoms with van der Waals surface area (Å²) in [5, 5.41) is 0. The van der Waals surface area contributed by atoms with Crippen molar-refractivity contribution in [3.05, 3.63) is 137 Å². The van der Waals surface area contributed by atoms with E-state index >= 15 is 8.78 Å².